The minimum absolute atomic E-state index is 0.132. The third kappa shape index (κ3) is 2.88. The molecule has 1 atom stereocenters. The number of carbonyl (C=O) groups excluding carboxylic acids is 1. The maximum atomic E-state index is 13.4. The van der Waals surface area contributed by atoms with Gasteiger partial charge in [0.25, 0.3) is 5.91 Å². The Labute approximate surface area is 175 Å². The van der Waals surface area contributed by atoms with E-state index < -0.39 is 0 Å². The molecule has 6 nitrogen and oxygen atoms in total. The van der Waals surface area contributed by atoms with Crippen LogP contribution in [0.25, 0.3) is 5.65 Å². The fourth-order valence-electron chi connectivity index (χ4n) is 3.95. The summed E-state index contributed by atoms with van der Waals surface area (Å²) < 4.78 is 12.8. The van der Waals surface area contributed by atoms with Crippen LogP contribution in [0, 0.1) is 6.92 Å². The molecule has 0 saturated carbocycles. The average molecular weight is 401 g/mol. The molecule has 0 bridgehead atoms. The summed E-state index contributed by atoms with van der Waals surface area (Å²) in [4.78, 5) is 19.6. The molecule has 0 aliphatic carbocycles. The lowest BCUT2D eigenvalue weighted by atomic mass is 9.97. The third-order valence-corrected chi connectivity index (χ3v) is 5.42. The Morgan fingerprint density at radius 3 is 2.50 bits per heavy atom. The molecule has 152 valence electrons. The molecule has 1 aromatic carbocycles. The van der Waals surface area contributed by atoms with Gasteiger partial charge < -0.3 is 13.9 Å². The molecule has 1 aliphatic heterocycles. The van der Waals surface area contributed by atoms with E-state index in [1.54, 1.807) is 37.5 Å². The minimum atomic E-state index is -0.374. The summed E-state index contributed by atoms with van der Waals surface area (Å²) in [6.45, 7) is 9.79. The molecular weight excluding hydrogens is 378 g/mol. The smallest absolute Gasteiger partial charge is 0.259 e. The number of nitrogens with zero attached hydrogens (tertiary/aromatic N) is 3. The summed E-state index contributed by atoms with van der Waals surface area (Å²) in [7, 11) is 3.18. The number of aromatic nitrogens is 2. The van der Waals surface area contributed by atoms with Crippen molar-refractivity contribution in [2.24, 2.45) is 0 Å². The largest absolute Gasteiger partial charge is 0.493 e. The van der Waals surface area contributed by atoms with Crippen molar-refractivity contribution in [3.8, 4) is 11.5 Å². The van der Waals surface area contributed by atoms with Gasteiger partial charge in [-0.1, -0.05) is 31.4 Å². The normalized spacial score (nSPS) is 16.3. The minimum Gasteiger partial charge on any atom is -0.493 e. The van der Waals surface area contributed by atoms with Crippen LogP contribution in [0.3, 0.4) is 0 Å². The molecule has 0 fully saturated rings. The Hall–Kier alpha value is -3.80. The van der Waals surface area contributed by atoms with Crippen molar-refractivity contribution in [3.05, 3.63) is 90.4 Å². The summed E-state index contributed by atoms with van der Waals surface area (Å²) >= 11 is 0. The maximum Gasteiger partial charge on any atom is 0.259 e. The van der Waals surface area contributed by atoms with E-state index in [2.05, 4.69) is 18.1 Å². The highest BCUT2D eigenvalue weighted by Gasteiger charge is 2.39. The van der Waals surface area contributed by atoms with Crippen molar-refractivity contribution in [3.63, 3.8) is 0 Å². The van der Waals surface area contributed by atoms with E-state index in [0.717, 1.165) is 28.2 Å². The van der Waals surface area contributed by atoms with Gasteiger partial charge in [0.05, 0.1) is 25.9 Å². The molecule has 4 rings (SSSR count). The van der Waals surface area contributed by atoms with Crippen LogP contribution in [0.5, 0.6) is 11.5 Å². The number of hydrogen-bond acceptors (Lipinski definition) is 4. The molecule has 0 spiro atoms. The highest BCUT2D eigenvalue weighted by atomic mass is 16.5. The fraction of sp³-hybridized carbons (Fsp3) is 0.167. The molecule has 1 amide bonds. The fourth-order valence-corrected chi connectivity index (χ4v) is 3.95. The second-order valence-corrected chi connectivity index (χ2v) is 6.98. The van der Waals surface area contributed by atoms with Crippen LogP contribution in [0.4, 0.5) is 5.69 Å². The van der Waals surface area contributed by atoms with Gasteiger partial charge in [0.15, 0.2) is 11.5 Å². The van der Waals surface area contributed by atoms with Gasteiger partial charge in [-0.2, -0.15) is 0 Å². The number of amides is 1. The Bertz CT molecular complexity index is 1210. The number of ether oxygens (including phenoxy) is 2. The second kappa shape index (κ2) is 7.55. The first-order chi connectivity index (χ1) is 14.5. The summed E-state index contributed by atoms with van der Waals surface area (Å²) in [6, 6.07) is 9.11. The lowest BCUT2D eigenvalue weighted by Crippen LogP contribution is -2.30. The molecule has 0 unspecified atom stereocenters. The SMILES string of the molecule is C=CC1=C(C=C)[C@H](c2ccc(OC)c(OC)c2)N(c2ccn3c(C)cnc3c2)C1=O. The van der Waals surface area contributed by atoms with Crippen LogP contribution in [0.15, 0.2) is 79.2 Å². The zero-order valence-corrected chi connectivity index (χ0v) is 17.3. The van der Waals surface area contributed by atoms with Gasteiger partial charge in [-0.25, -0.2) is 4.98 Å². The molecule has 3 heterocycles. The van der Waals surface area contributed by atoms with E-state index in [1.807, 2.05) is 47.9 Å². The Morgan fingerprint density at radius 2 is 1.83 bits per heavy atom. The zero-order chi connectivity index (χ0) is 21.4. The monoisotopic (exact) mass is 401 g/mol. The summed E-state index contributed by atoms with van der Waals surface area (Å²) in [5.74, 6) is 1.09. The number of benzene rings is 1. The predicted octanol–water partition coefficient (Wildman–Crippen LogP) is 4.42. The van der Waals surface area contributed by atoms with Gasteiger partial charge in [-0.05, 0) is 36.3 Å². The zero-order valence-electron chi connectivity index (χ0n) is 17.3. The highest BCUT2D eigenvalue weighted by Crippen LogP contribution is 2.44. The van der Waals surface area contributed by atoms with Crippen molar-refractivity contribution >= 4 is 17.2 Å². The maximum absolute atomic E-state index is 13.4. The van der Waals surface area contributed by atoms with Crippen LogP contribution >= 0.6 is 0 Å². The standard InChI is InChI=1S/C24H23N3O3/c1-6-18-19(7-2)24(28)27(17-10-11-26-15(3)14-25-22(26)13-17)23(18)16-8-9-20(29-4)21(12-16)30-5/h6-14,23H,1-2H2,3-5H3/t23-/m0/s1. The first-order valence-corrected chi connectivity index (χ1v) is 9.52. The summed E-state index contributed by atoms with van der Waals surface area (Å²) in [6.07, 6.45) is 7.03. The second-order valence-electron chi connectivity index (χ2n) is 6.98. The summed E-state index contributed by atoms with van der Waals surface area (Å²) in [5.41, 5.74) is 4.75. The number of pyridine rings is 1. The number of anilines is 1. The topological polar surface area (TPSA) is 56.1 Å². The van der Waals surface area contributed by atoms with Crippen LogP contribution in [0.2, 0.25) is 0 Å². The Morgan fingerprint density at radius 1 is 1.07 bits per heavy atom. The Kier molecular flexibility index (Phi) is 4.91. The van der Waals surface area contributed by atoms with E-state index in [4.69, 9.17) is 9.47 Å². The van der Waals surface area contributed by atoms with Crippen molar-refractivity contribution in [1.29, 1.82) is 0 Å². The third-order valence-electron chi connectivity index (χ3n) is 5.42. The van der Waals surface area contributed by atoms with Gasteiger partial charge >= 0.3 is 0 Å². The van der Waals surface area contributed by atoms with Crippen LogP contribution in [0.1, 0.15) is 17.3 Å². The van der Waals surface area contributed by atoms with Gasteiger partial charge in [-0.3, -0.25) is 9.69 Å². The summed E-state index contributed by atoms with van der Waals surface area (Å²) in [5, 5.41) is 0. The van der Waals surface area contributed by atoms with Crippen molar-refractivity contribution in [1.82, 2.24) is 9.38 Å². The van der Waals surface area contributed by atoms with Crippen LogP contribution in [-0.2, 0) is 4.79 Å². The first-order valence-electron chi connectivity index (χ1n) is 9.52. The number of imidazole rings is 1. The molecule has 6 heteroatoms. The van der Waals surface area contributed by atoms with E-state index >= 15 is 0 Å². The van der Waals surface area contributed by atoms with Crippen molar-refractivity contribution in [2.75, 3.05) is 19.1 Å². The molecular formula is C24H23N3O3. The molecule has 2 aromatic heterocycles. The van der Waals surface area contributed by atoms with Gasteiger partial charge in [0.1, 0.15) is 5.65 Å². The van der Waals surface area contributed by atoms with E-state index in [1.165, 1.54) is 0 Å². The van der Waals surface area contributed by atoms with E-state index in [9.17, 15) is 4.79 Å². The molecule has 0 radical (unpaired) electrons. The molecule has 0 saturated heterocycles. The number of fused-ring (bicyclic) bond motifs is 1. The number of carbonyl (C=O) groups is 1. The quantitative estimate of drug-likeness (QED) is 0.614. The van der Waals surface area contributed by atoms with Crippen LogP contribution in [-0.4, -0.2) is 29.5 Å². The number of methoxy groups -OCH3 is 2. The highest BCUT2D eigenvalue weighted by molar-refractivity contribution is 6.12. The number of hydrogen-bond donors (Lipinski definition) is 0. The molecule has 3 aromatic rings. The lowest BCUT2D eigenvalue weighted by molar-refractivity contribution is -0.114. The van der Waals surface area contributed by atoms with Gasteiger partial charge in [-0.15, -0.1) is 0 Å². The number of rotatable bonds is 6. The number of aryl methyl sites for hydroxylation is 1. The average Bonchev–Trinajstić information content (AvgIpc) is 3.29. The van der Waals surface area contributed by atoms with Gasteiger partial charge in [0.2, 0.25) is 0 Å². The molecule has 1 aliphatic rings. The van der Waals surface area contributed by atoms with E-state index in [0.29, 0.717) is 17.1 Å². The van der Waals surface area contributed by atoms with Crippen molar-refractivity contribution < 1.29 is 14.3 Å². The van der Waals surface area contributed by atoms with Gasteiger partial charge in [0, 0.05) is 29.7 Å². The molecule has 30 heavy (non-hydrogen) atoms. The first kappa shape index (κ1) is 19.5. The van der Waals surface area contributed by atoms with Crippen molar-refractivity contribution in [2.45, 2.75) is 13.0 Å². The Balaban J connectivity index is 1.90. The molecule has 0 N–H and O–H groups in total. The predicted molar refractivity (Wildman–Crippen MR) is 117 cm³/mol. The van der Waals surface area contributed by atoms with Crippen LogP contribution < -0.4 is 14.4 Å². The lowest BCUT2D eigenvalue weighted by Gasteiger charge is -2.27. The van der Waals surface area contributed by atoms with E-state index in [-0.39, 0.29) is 11.9 Å².